The van der Waals surface area contributed by atoms with Crippen LogP contribution in [0.1, 0.15) is 12.5 Å². The Morgan fingerprint density at radius 1 is 0.889 bits per heavy atom. The molecule has 0 radical (unpaired) electrons. The molecule has 5 nitrogen and oxygen atoms in total. The molecule has 27 heavy (non-hydrogen) atoms. The number of rotatable bonds is 5. The molecule has 0 aliphatic heterocycles. The highest BCUT2D eigenvalue weighted by Crippen LogP contribution is 2.21. The van der Waals surface area contributed by atoms with Crippen LogP contribution in [0.5, 0.6) is 5.75 Å². The predicted octanol–water partition coefficient (Wildman–Crippen LogP) is 3.47. The lowest BCUT2D eigenvalue weighted by molar-refractivity contribution is -0.131. The highest BCUT2D eigenvalue weighted by Gasteiger charge is 2.15. The first kappa shape index (κ1) is 18.2. The fourth-order valence-corrected chi connectivity index (χ4v) is 2.50. The van der Waals surface area contributed by atoms with Crippen molar-refractivity contribution in [3.05, 3.63) is 84.4 Å². The van der Waals surface area contributed by atoms with Gasteiger partial charge >= 0.3 is 0 Å². The topological polar surface area (TPSA) is 67.4 Å². The Hall–Kier alpha value is -3.60. The molecule has 0 aromatic heterocycles. The van der Waals surface area contributed by atoms with Crippen LogP contribution in [0, 0.1) is 0 Å². The van der Waals surface area contributed by atoms with Gasteiger partial charge in [-0.2, -0.15) is 0 Å². The van der Waals surface area contributed by atoms with Crippen LogP contribution >= 0.6 is 0 Å². The number of fused-ring (bicyclic) bond motifs is 1. The molecule has 0 saturated carbocycles. The number of hydrazine groups is 1. The number of nitrogens with one attached hydrogen (secondary N) is 2. The van der Waals surface area contributed by atoms with Gasteiger partial charge in [-0.15, -0.1) is 0 Å². The molecule has 5 heteroatoms. The van der Waals surface area contributed by atoms with E-state index in [9.17, 15) is 9.59 Å². The molecule has 0 spiro atoms. The van der Waals surface area contributed by atoms with Crippen molar-refractivity contribution in [1.29, 1.82) is 0 Å². The van der Waals surface area contributed by atoms with Gasteiger partial charge in [0.15, 0.2) is 6.10 Å². The van der Waals surface area contributed by atoms with Gasteiger partial charge in [0.05, 0.1) is 0 Å². The van der Waals surface area contributed by atoms with Gasteiger partial charge in [0.2, 0.25) is 0 Å². The van der Waals surface area contributed by atoms with E-state index >= 15 is 0 Å². The van der Waals surface area contributed by atoms with Crippen molar-refractivity contribution < 1.29 is 14.3 Å². The summed E-state index contributed by atoms with van der Waals surface area (Å²) in [4.78, 5) is 23.9. The maximum absolute atomic E-state index is 12.1. The first-order valence-electron chi connectivity index (χ1n) is 8.60. The van der Waals surface area contributed by atoms with E-state index in [0.717, 1.165) is 16.3 Å². The molecule has 136 valence electrons. The summed E-state index contributed by atoms with van der Waals surface area (Å²) in [5.74, 6) is -0.277. The van der Waals surface area contributed by atoms with Gasteiger partial charge in [0.25, 0.3) is 11.8 Å². The predicted molar refractivity (Wildman–Crippen MR) is 106 cm³/mol. The highest BCUT2D eigenvalue weighted by atomic mass is 16.5. The maximum atomic E-state index is 12.1. The second kappa shape index (κ2) is 8.67. The average molecular weight is 360 g/mol. The van der Waals surface area contributed by atoms with E-state index in [-0.39, 0.29) is 0 Å². The van der Waals surface area contributed by atoms with Gasteiger partial charge in [0.1, 0.15) is 5.75 Å². The number of amides is 2. The molecule has 0 fully saturated rings. The summed E-state index contributed by atoms with van der Waals surface area (Å²) >= 11 is 0. The fourth-order valence-electron chi connectivity index (χ4n) is 2.50. The average Bonchev–Trinajstić information content (AvgIpc) is 2.71. The van der Waals surface area contributed by atoms with Crippen molar-refractivity contribution in [1.82, 2.24) is 10.9 Å². The number of ether oxygens (including phenoxy) is 1. The molecule has 3 rings (SSSR count). The van der Waals surface area contributed by atoms with E-state index in [4.69, 9.17) is 4.74 Å². The smallest absolute Gasteiger partial charge is 0.279 e. The van der Waals surface area contributed by atoms with Crippen LogP contribution in [0.25, 0.3) is 16.8 Å². The number of carbonyl (C=O) groups excluding carboxylic acids is 2. The van der Waals surface area contributed by atoms with Crippen LogP contribution in [0.3, 0.4) is 0 Å². The first-order valence-corrected chi connectivity index (χ1v) is 8.60. The van der Waals surface area contributed by atoms with Crippen LogP contribution in [0.4, 0.5) is 0 Å². The second-order valence-corrected chi connectivity index (χ2v) is 5.99. The third-order valence-electron chi connectivity index (χ3n) is 3.94. The normalized spacial score (nSPS) is 11.9. The molecule has 2 N–H and O–H groups in total. The Morgan fingerprint density at radius 3 is 2.37 bits per heavy atom. The fraction of sp³-hybridized carbons (Fsp3) is 0.0909. The Balaban J connectivity index is 1.51. The minimum Gasteiger partial charge on any atom is -0.481 e. The van der Waals surface area contributed by atoms with Crippen molar-refractivity contribution in [3.8, 4) is 5.75 Å². The Bertz CT molecular complexity index is 967. The summed E-state index contributed by atoms with van der Waals surface area (Å²) in [7, 11) is 0. The summed E-state index contributed by atoms with van der Waals surface area (Å²) in [6, 6.07) is 22.9. The summed E-state index contributed by atoms with van der Waals surface area (Å²) in [5.41, 5.74) is 5.60. The van der Waals surface area contributed by atoms with Crippen molar-refractivity contribution in [2.75, 3.05) is 0 Å². The second-order valence-electron chi connectivity index (χ2n) is 5.99. The van der Waals surface area contributed by atoms with E-state index < -0.39 is 17.9 Å². The minimum absolute atomic E-state index is 0.426. The van der Waals surface area contributed by atoms with Crippen LogP contribution in [0.2, 0.25) is 0 Å². The largest absolute Gasteiger partial charge is 0.481 e. The summed E-state index contributed by atoms with van der Waals surface area (Å²) in [6.45, 7) is 1.62. The summed E-state index contributed by atoms with van der Waals surface area (Å²) in [6.07, 6.45) is 2.26. The number of hydrogen-bond donors (Lipinski definition) is 2. The van der Waals surface area contributed by atoms with Crippen LogP contribution < -0.4 is 15.6 Å². The minimum atomic E-state index is -0.760. The molecule has 3 aromatic carbocycles. The van der Waals surface area contributed by atoms with Crippen molar-refractivity contribution >= 4 is 28.7 Å². The zero-order valence-corrected chi connectivity index (χ0v) is 14.9. The maximum Gasteiger partial charge on any atom is 0.279 e. The lowest BCUT2D eigenvalue weighted by atomic mass is 10.1. The Morgan fingerprint density at radius 2 is 1.59 bits per heavy atom. The van der Waals surface area contributed by atoms with Crippen LogP contribution in [-0.2, 0) is 9.59 Å². The quantitative estimate of drug-likeness (QED) is 0.541. The lowest BCUT2D eigenvalue weighted by Crippen LogP contribution is -2.46. The number of benzene rings is 3. The molecule has 0 heterocycles. The van der Waals surface area contributed by atoms with Gasteiger partial charge in [-0.05, 0) is 41.5 Å². The molecule has 0 bridgehead atoms. The third-order valence-corrected chi connectivity index (χ3v) is 3.94. The van der Waals surface area contributed by atoms with E-state index in [1.807, 2.05) is 72.8 Å². The standard InChI is InChI=1S/C22H20N2O3/c1-16(27-20-13-12-18-9-5-6-10-19(18)15-20)22(26)24-23-21(25)14-11-17-7-3-2-4-8-17/h2-16H,1H3,(H,23,25)(H,24,26)/b14-11+. The molecular weight excluding hydrogens is 340 g/mol. The molecule has 0 aliphatic rings. The zero-order chi connectivity index (χ0) is 19.1. The Labute approximate surface area is 157 Å². The number of carbonyl (C=O) groups is 2. The van der Waals surface area contributed by atoms with E-state index in [1.165, 1.54) is 6.08 Å². The van der Waals surface area contributed by atoms with E-state index in [1.54, 1.807) is 13.0 Å². The van der Waals surface area contributed by atoms with E-state index in [2.05, 4.69) is 10.9 Å². The molecule has 0 saturated heterocycles. The molecular formula is C22H20N2O3. The van der Waals surface area contributed by atoms with E-state index in [0.29, 0.717) is 5.75 Å². The van der Waals surface area contributed by atoms with Gasteiger partial charge < -0.3 is 4.74 Å². The van der Waals surface area contributed by atoms with Gasteiger partial charge in [0, 0.05) is 6.08 Å². The number of hydrogen-bond acceptors (Lipinski definition) is 3. The lowest BCUT2D eigenvalue weighted by Gasteiger charge is -2.15. The zero-order valence-electron chi connectivity index (χ0n) is 14.9. The molecule has 2 amide bonds. The molecule has 0 aliphatic carbocycles. The summed E-state index contributed by atoms with van der Waals surface area (Å²) in [5, 5.41) is 2.13. The molecule has 3 aromatic rings. The Kier molecular flexibility index (Phi) is 5.84. The highest BCUT2D eigenvalue weighted by molar-refractivity contribution is 5.93. The first-order chi connectivity index (χ1) is 13.1. The molecule has 1 atom stereocenters. The van der Waals surface area contributed by atoms with Crippen molar-refractivity contribution in [2.24, 2.45) is 0 Å². The molecule has 1 unspecified atom stereocenters. The summed E-state index contributed by atoms with van der Waals surface area (Å²) < 4.78 is 5.66. The van der Waals surface area contributed by atoms with Crippen LogP contribution in [0.15, 0.2) is 78.9 Å². The SMILES string of the molecule is CC(Oc1ccc2ccccc2c1)C(=O)NNC(=O)/C=C/c1ccccc1. The van der Waals surface area contributed by atoms with Gasteiger partial charge in [-0.1, -0.05) is 60.7 Å². The van der Waals surface area contributed by atoms with Crippen LogP contribution in [-0.4, -0.2) is 17.9 Å². The third kappa shape index (κ3) is 5.19. The van der Waals surface area contributed by atoms with Gasteiger partial charge in [-0.25, -0.2) is 0 Å². The monoisotopic (exact) mass is 360 g/mol. The van der Waals surface area contributed by atoms with Crippen molar-refractivity contribution in [2.45, 2.75) is 13.0 Å². The van der Waals surface area contributed by atoms with Crippen molar-refractivity contribution in [3.63, 3.8) is 0 Å². The van der Waals surface area contributed by atoms with Gasteiger partial charge in [-0.3, -0.25) is 20.4 Å².